The summed E-state index contributed by atoms with van der Waals surface area (Å²) in [5, 5.41) is 3.68. The van der Waals surface area contributed by atoms with Crippen molar-refractivity contribution in [2.24, 2.45) is 11.8 Å². The molecule has 2 heteroatoms. The zero-order valence-electron chi connectivity index (χ0n) is 11.5. The van der Waals surface area contributed by atoms with E-state index in [1.807, 2.05) is 11.8 Å². The van der Waals surface area contributed by atoms with E-state index < -0.39 is 0 Å². The topological polar surface area (TPSA) is 12.0 Å². The molecule has 0 saturated heterocycles. The molecule has 0 aromatic rings. The van der Waals surface area contributed by atoms with Crippen LogP contribution in [0, 0.1) is 11.8 Å². The first-order valence-corrected chi connectivity index (χ1v) is 8.16. The summed E-state index contributed by atoms with van der Waals surface area (Å²) >= 11 is 1.99. The molecule has 2 atom stereocenters. The summed E-state index contributed by atoms with van der Waals surface area (Å²) < 4.78 is 0. The third-order valence-electron chi connectivity index (χ3n) is 3.63. The first-order valence-electron chi connectivity index (χ1n) is 6.77. The van der Waals surface area contributed by atoms with E-state index in [1.165, 1.54) is 44.4 Å². The normalized spacial score (nSPS) is 26.2. The van der Waals surface area contributed by atoms with Gasteiger partial charge >= 0.3 is 0 Å². The van der Waals surface area contributed by atoms with E-state index in [9.17, 15) is 0 Å². The lowest BCUT2D eigenvalue weighted by Crippen LogP contribution is -2.39. The summed E-state index contributed by atoms with van der Waals surface area (Å²) in [6, 6.07) is 0. The van der Waals surface area contributed by atoms with E-state index >= 15 is 0 Å². The van der Waals surface area contributed by atoms with E-state index in [0.717, 1.165) is 11.8 Å². The minimum absolute atomic E-state index is 0.284. The Morgan fingerprint density at radius 2 is 1.88 bits per heavy atom. The van der Waals surface area contributed by atoms with Gasteiger partial charge in [-0.3, -0.25) is 0 Å². The number of hydrogen-bond acceptors (Lipinski definition) is 2. The number of thioether (sulfide) groups is 1. The first-order chi connectivity index (χ1) is 7.53. The van der Waals surface area contributed by atoms with Crippen LogP contribution in [0.5, 0.6) is 0 Å². The zero-order valence-corrected chi connectivity index (χ0v) is 12.3. The summed E-state index contributed by atoms with van der Waals surface area (Å²) in [5.74, 6) is 3.29. The van der Waals surface area contributed by atoms with Crippen molar-refractivity contribution in [1.82, 2.24) is 5.32 Å². The van der Waals surface area contributed by atoms with Gasteiger partial charge in [-0.1, -0.05) is 12.8 Å². The fraction of sp³-hybridized carbons (Fsp3) is 1.00. The van der Waals surface area contributed by atoms with Crippen molar-refractivity contribution >= 4 is 11.8 Å². The van der Waals surface area contributed by atoms with Gasteiger partial charge in [-0.05, 0) is 70.4 Å². The Morgan fingerprint density at radius 1 is 1.19 bits per heavy atom. The number of hydrogen-bond donors (Lipinski definition) is 1. The molecule has 0 spiro atoms. The van der Waals surface area contributed by atoms with Crippen LogP contribution in [0.1, 0.15) is 52.9 Å². The van der Waals surface area contributed by atoms with Crippen molar-refractivity contribution in [3.63, 3.8) is 0 Å². The molecule has 0 bridgehead atoms. The molecule has 0 aliphatic heterocycles. The smallest absolute Gasteiger partial charge is 0.00966 e. The van der Waals surface area contributed by atoms with Crippen molar-refractivity contribution < 1.29 is 0 Å². The molecule has 1 N–H and O–H groups in total. The maximum absolute atomic E-state index is 3.68. The molecule has 16 heavy (non-hydrogen) atoms. The molecule has 1 rings (SSSR count). The SMILES string of the molecule is CSCCCC1CCCC1CNC(C)(C)C. The molecule has 0 heterocycles. The number of rotatable bonds is 6. The van der Waals surface area contributed by atoms with Crippen LogP contribution >= 0.6 is 11.8 Å². The lowest BCUT2D eigenvalue weighted by Gasteiger charge is -2.26. The Morgan fingerprint density at radius 3 is 2.50 bits per heavy atom. The zero-order chi connectivity index (χ0) is 12.0. The minimum atomic E-state index is 0.284. The molecular weight excluding hydrogens is 214 g/mol. The first kappa shape index (κ1) is 14.4. The van der Waals surface area contributed by atoms with Gasteiger partial charge in [0.2, 0.25) is 0 Å². The van der Waals surface area contributed by atoms with E-state index in [2.05, 4.69) is 32.3 Å². The van der Waals surface area contributed by atoms with Crippen LogP contribution in [0.2, 0.25) is 0 Å². The predicted molar refractivity (Wildman–Crippen MR) is 76.2 cm³/mol. The molecule has 0 radical (unpaired) electrons. The molecule has 1 nitrogen and oxygen atoms in total. The maximum Gasteiger partial charge on any atom is 0.00966 e. The summed E-state index contributed by atoms with van der Waals surface area (Å²) in [4.78, 5) is 0. The molecule has 2 unspecified atom stereocenters. The standard InChI is InChI=1S/C14H29NS/c1-14(2,3)15-11-13-8-5-7-12(13)9-6-10-16-4/h12-13,15H,5-11H2,1-4H3. The van der Waals surface area contributed by atoms with Gasteiger partial charge in [0.05, 0.1) is 0 Å². The van der Waals surface area contributed by atoms with Gasteiger partial charge in [0.15, 0.2) is 0 Å². The Hall–Kier alpha value is 0.310. The van der Waals surface area contributed by atoms with Crippen LogP contribution in [-0.4, -0.2) is 24.1 Å². The lowest BCUT2D eigenvalue weighted by molar-refractivity contribution is 0.306. The quantitative estimate of drug-likeness (QED) is 0.709. The van der Waals surface area contributed by atoms with Crippen LogP contribution in [0.25, 0.3) is 0 Å². The van der Waals surface area contributed by atoms with Crippen molar-refractivity contribution in [3.8, 4) is 0 Å². The Bertz CT molecular complexity index is 186. The van der Waals surface area contributed by atoms with Gasteiger partial charge < -0.3 is 5.32 Å². The van der Waals surface area contributed by atoms with E-state index in [0.29, 0.717) is 0 Å². The minimum Gasteiger partial charge on any atom is -0.312 e. The molecule has 0 aromatic carbocycles. The Kier molecular flexibility index (Phi) is 6.20. The van der Waals surface area contributed by atoms with Crippen molar-refractivity contribution in [3.05, 3.63) is 0 Å². The van der Waals surface area contributed by atoms with Crippen molar-refractivity contribution in [2.45, 2.75) is 58.4 Å². The van der Waals surface area contributed by atoms with Gasteiger partial charge in [0, 0.05) is 5.54 Å². The Balaban J connectivity index is 2.23. The van der Waals surface area contributed by atoms with E-state index in [-0.39, 0.29) is 5.54 Å². The third-order valence-corrected chi connectivity index (χ3v) is 4.33. The third kappa shape index (κ3) is 5.58. The van der Waals surface area contributed by atoms with Crippen LogP contribution in [-0.2, 0) is 0 Å². The molecule has 0 amide bonds. The fourth-order valence-electron chi connectivity index (χ4n) is 2.69. The predicted octanol–water partition coefficient (Wildman–Crippen LogP) is 3.93. The van der Waals surface area contributed by atoms with Gasteiger partial charge in [0.25, 0.3) is 0 Å². The average Bonchev–Trinajstić information content (AvgIpc) is 2.62. The fourth-order valence-corrected chi connectivity index (χ4v) is 3.14. The second-order valence-corrected chi connectivity index (χ2v) is 7.20. The van der Waals surface area contributed by atoms with Crippen molar-refractivity contribution in [1.29, 1.82) is 0 Å². The van der Waals surface area contributed by atoms with Crippen LogP contribution in [0.3, 0.4) is 0 Å². The lowest BCUT2D eigenvalue weighted by atomic mass is 9.91. The maximum atomic E-state index is 3.68. The highest BCUT2D eigenvalue weighted by molar-refractivity contribution is 7.98. The van der Waals surface area contributed by atoms with Crippen LogP contribution in [0.15, 0.2) is 0 Å². The molecule has 96 valence electrons. The molecule has 0 aromatic heterocycles. The summed E-state index contributed by atoms with van der Waals surface area (Å²) in [7, 11) is 0. The molecular formula is C14H29NS. The van der Waals surface area contributed by atoms with Gasteiger partial charge in [-0.25, -0.2) is 0 Å². The highest BCUT2D eigenvalue weighted by Crippen LogP contribution is 2.35. The average molecular weight is 243 g/mol. The summed E-state index contributed by atoms with van der Waals surface area (Å²) in [6.07, 6.45) is 9.47. The van der Waals surface area contributed by atoms with Crippen molar-refractivity contribution in [2.75, 3.05) is 18.6 Å². The van der Waals surface area contributed by atoms with Gasteiger partial charge in [-0.2, -0.15) is 11.8 Å². The van der Waals surface area contributed by atoms with Gasteiger partial charge in [0.1, 0.15) is 0 Å². The number of nitrogens with one attached hydrogen (secondary N) is 1. The highest BCUT2D eigenvalue weighted by Gasteiger charge is 2.27. The van der Waals surface area contributed by atoms with Crippen LogP contribution < -0.4 is 5.32 Å². The van der Waals surface area contributed by atoms with E-state index in [1.54, 1.807) is 0 Å². The molecule has 1 saturated carbocycles. The summed E-state index contributed by atoms with van der Waals surface area (Å²) in [6.45, 7) is 8.04. The molecule has 1 aliphatic rings. The Labute approximate surface area is 106 Å². The van der Waals surface area contributed by atoms with E-state index in [4.69, 9.17) is 0 Å². The molecule has 1 fully saturated rings. The summed E-state index contributed by atoms with van der Waals surface area (Å²) in [5.41, 5.74) is 0.284. The second kappa shape index (κ2) is 6.90. The van der Waals surface area contributed by atoms with Gasteiger partial charge in [-0.15, -0.1) is 0 Å². The largest absolute Gasteiger partial charge is 0.312 e. The van der Waals surface area contributed by atoms with Crippen LogP contribution in [0.4, 0.5) is 0 Å². The highest BCUT2D eigenvalue weighted by atomic mass is 32.2. The second-order valence-electron chi connectivity index (χ2n) is 6.22. The molecule has 1 aliphatic carbocycles. The monoisotopic (exact) mass is 243 g/mol.